The first-order valence-corrected chi connectivity index (χ1v) is 9.53. The molecule has 0 radical (unpaired) electrons. The van der Waals surface area contributed by atoms with Crippen molar-refractivity contribution in [2.75, 3.05) is 23.3 Å². The van der Waals surface area contributed by atoms with Crippen molar-refractivity contribution >= 4 is 40.6 Å². The monoisotopic (exact) mass is 416 g/mol. The van der Waals surface area contributed by atoms with Gasteiger partial charge in [0.25, 0.3) is 0 Å². The van der Waals surface area contributed by atoms with Gasteiger partial charge in [-0.2, -0.15) is 5.10 Å². The minimum absolute atomic E-state index is 0.0533. The van der Waals surface area contributed by atoms with Crippen molar-refractivity contribution in [3.8, 4) is 5.82 Å². The number of nitrogens with zero attached hydrogens (tertiary/aromatic N) is 5. The fourth-order valence-corrected chi connectivity index (χ4v) is 3.43. The van der Waals surface area contributed by atoms with Crippen LogP contribution in [0.5, 0.6) is 0 Å². The molecule has 3 aromatic rings. The Morgan fingerprint density at radius 3 is 2.50 bits per heavy atom. The molecule has 3 heterocycles. The van der Waals surface area contributed by atoms with Crippen LogP contribution >= 0.6 is 23.2 Å². The second kappa shape index (κ2) is 7.41. The molecule has 9 heteroatoms. The van der Waals surface area contributed by atoms with E-state index in [-0.39, 0.29) is 11.8 Å². The zero-order valence-corrected chi connectivity index (χ0v) is 16.9. The summed E-state index contributed by atoms with van der Waals surface area (Å²) in [4.78, 5) is 23.1. The van der Waals surface area contributed by atoms with Crippen LogP contribution in [0.2, 0.25) is 10.0 Å². The summed E-state index contributed by atoms with van der Waals surface area (Å²) in [5.41, 5.74) is 2.57. The molecule has 0 aliphatic carbocycles. The first-order valence-electron chi connectivity index (χ1n) is 8.77. The summed E-state index contributed by atoms with van der Waals surface area (Å²) >= 11 is 11.9. The fraction of sp³-hybridized carbons (Fsp3) is 0.263. The van der Waals surface area contributed by atoms with Crippen molar-refractivity contribution in [3.63, 3.8) is 0 Å². The van der Waals surface area contributed by atoms with Gasteiger partial charge in [0.2, 0.25) is 5.91 Å². The number of hydrogen-bond donors (Lipinski definition) is 1. The Labute approximate surface area is 172 Å². The highest BCUT2D eigenvalue weighted by molar-refractivity contribution is 6.42. The number of halogens is 2. The zero-order chi connectivity index (χ0) is 19.8. The summed E-state index contributed by atoms with van der Waals surface area (Å²) < 4.78 is 1.79. The van der Waals surface area contributed by atoms with E-state index >= 15 is 0 Å². The average Bonchev–Trinajstić information content (AvgIpc) is 2.95. The number of rotatable bonds is 4. The fourth-order valence-electron chi connectivity index (χ4n) is 3.14. The number of amides is 1. The van der Waals surface area contributed by atoms with Gasteiger partial charge in [-0.05, 0) is 38.1 Å². The number of aryl methyl sites for hydroxylation is 2. The van der Waals surface area contributed by atoms with Crippen LogP contribution in [0.1, 0.15) is 11.4 Å². The first-order chi connectivity index (χ1) is 13.4. The molecule has 7 nitrogen and oxygen atoms in total. The molecule has 144 valence electrons. The lowest BCUT2D eigenvalue weighted by Crippen LogP contribution is -2.52. The van der Waals surface area contributed by atoms with Gasteiger partial charge < -0.3 is 10.2 Å². The van der Waals surface area contributed by atoms with Gasteiger partial charge >= 0.3 is 0 Å². The van der Waals surface area contributed by atoms with Gasteiger partial charge in [0.1, 0.15) is 12.1 Å². The molecule has 0 unspecified atom stereocenters. The summed E-state index contributed by atoms with van der Waals surface area (Å²) in [5.74, 6) is 1.31. The minimum Gasteiger partial charge on any atom is -0.355 e. The molecule has 0 spiro atoms. The van der Waals surface area contributed by atoms with Gasteiger partial charge in [-0.25, -0.2) is 14.6 Å². The van der Waals surface area contributed by atoms with Crippen molar-refractivity contribution in [2.45, 2.75) is 13.8 Å². The summed E-state index contributed by atoms with van der Waals surface area (Å²) in [6.07, 6.45) is 1.52. The molecule has 1 aliphatic rings. The molecular formula is C19H18Cl2N6O. The van der Waals surface area contributed by atoms with Crippen LogP contribution < -0.4 is 10.2 Å². The normalized spacial score (nSPS) is 14.1. The molecule has 1 N–H and O–H groups in total. The predicted octanol–water partition coefficient (Wildman–Crippen LogP) is 3.66. The van der Waals surface area contributed by atoms with E-state index in [9.17, 15) is 4.79 Å². The Morgan fingerprint density at radius 2 is 1.82 bits per heavy atom. The van der Waals surface area contributed by atoms with Gasteiger partial charge in [-0.3, -0.25) is 4.79 Å². The lowest BCUT2D eigenvalue weighted by molar-refractivity contribution is -0.120. The van der Waals surface area contributed by atoms with E-state index in [1.807, 2.05) is 30.9 Å². The second-order valence-electron chi connectivity index (χ2n) is 6.79. The molecule has 28 heavy (non-hydrogen) atoms. The maximum absolute atomic E-state index is 12.4. The van der Waals surface area contributed by atoms with Gasteiger partial charge in [0.05, 0.1) is 21.7 Å². The molecule has 1 saturated heterocycles. The largest absolute Gasteiger partial charge is 0.355 e. The average molecular weight is 417 g/mol. The lowest BCUT2D eigenvalue weighted by atomic mass is 9.99. The molecule has 1 aliphatic heterocycles. The van der Waals surface area contributed by atoms with Crippen molar-refractivity contribution in [1.29, 1.82) is 0 Å². The van der Waals surface area contributed by atoms with Gasteiger partial charge in [0.15, 0.2) is 5.82 Å². The number of hydrogen-bond acceptors (Lipinski definition) is 5. The molecule has 1 aromatic carbocycles. The van der Waals surface area contributed by atoms with E-state index in [1.165, 1.54) is 6.33 Å². The molecule has 2 aromatic heterocycles. The zero-order valence-electron chi connectivity index (χ0n) is 15.4. The number of nitrogens with one attached hydrogen (secondary N) is 1. The van der Waals surface area contributed by atoms with E-state index in [2.05, 4.69) is 20.4 Å². The van der Waals surface area contributed by atoms with Crippen molar-refractivity contribution in [2.24, 2.45) is 5.92 Å². The molecule has 0 atom stereocenters. The maximum atomic E-state index is 12.4. The van der Waals surface area contributed by atoms with Gasteiger partial charge in [-0.15, -0.1) is 0 Å². The minimum atomic E-state index is -0.124. The Morgan fingerprint density at radius 1 is 1.07 bits per heavy atom. The molecular weight excluding hydrogens is 399 g/mol. The number of anilines is 2. The number of carbonyl (C=O) groups is 1. The van der Waals surface area contributed by atoms with E-state index in [0.717, 1.165) is 17.2 Å². The Kier molecular flexibility index (Phi) is 4.95. The van der Waals surface area contributed by atoms with Crippen LogP contribution in [0.4, 0.5) is 11.5 Å². The summed E-state index contributed by atoms with van der Waals surface area (Å²) in [6, 6.07) is 8.91. The quantitative estimate of drug-likeness (QED) is 0.701. The highest BCUT2D eigenvalue weighted by Gasteiger charge is 2.33. The highest BCUT2D eigenvalue weighted by Crippen LogP contribution is 2.27. The summed E-state index contributed by atoms with van der Waals surface area (Å²) in [6.45, 7) is 5.09. The van der Waals surface area contributed by atoms with Crippen molar-refractivity contribution < 1.29 is 4.79 Å². The third-order valence-corrected chi connectivity index (χ3v) is 5.37. The van der Waals surface area contributed by atoms with E-state index in [0.29, 0.717) is 34.6 Å². The molecule has 1 fully saturated rings. The first kappa shape index (κ1) is 18.7. The molecule has 4 rings (SSSR count). The van der Waals surface area contributed by atoms with E-state index in [1.54, 1.807) is 22.9 Å². The molecule has 0 saturated carbocycles. The number of benzene rings is 1. The summed E-state index contributed by atoms with van der Waals surface area (Å²) in [5, 5.41) is 8.19. The topological polar surface area (TPSA) is 75.9 Å². The van der Waals surface area contributed by atoms with Crippen LogP contribution in [-0.4, -0.2) is 38.7 Å². The standard InChI is InChI=1S/C19H18Cl2N6O/c1-11-5-12(2)27(25-11)18-7-17(22-10-23-18)26-8-13(9-26)19(28)24-14-3-4-15(20)16(21)6-14/h3-7,10,13H,8-9H2,1-2H3,(H,24,28). The maximum Gasteiger partial charge on any atom is 0.231 e. The molecule has 0 bridgehead atoms. The van der Waals surface area contributed by atoms with Gasteiger partial charge in [-0.1, -0.05) is 23.2 Å². The van der Waals surface area contributed by atoms with Crippen LogP contribution in [0, 0.1) is 19.8 Å². The molecule has 1 amide bonds. The van der Waals surface area contributed by atoms with Crippen LogP contribution in [-0.2, 0) is 4.79 Å². The summed E-state index contributed by atoms with van der Waals surface area (Å²) in [7, 11) is 0. The number of aromatic nitrogens is 4. The van der Waals surface area contributed by atoms with Crippen LogP contribution in [0.25, 0.3) is 5.82 Å². The van der Waals surface area contributed by atoms with E-state index in [4.69, 9.17) is 23.2 Å². The van der Waals surface area contributed by atoms with Crippen molar-refractivity contribution in [1.82, 2.24) is 19.7 Å². The third-order valence-electron chi connectivity index (χ3n) is 4.63. The second-order valence-corrected chi connectivity index (χ2v) is 7.61. The van der Waals surface area contributed by atoms with Crippen LogP contribution in [0.15, 0.2) is 36.7 Å². The number of carbonyl (C=O) groups excluding carboxylic acids is 1. The van der Waals surface area contributed by atoms with Crippen LogP contribution in [0.3, 0.4) is 0 Å². The smallest absolute Gasteiger partial charge is 0.231 e. The SMILES string of the molecule is Cc1cc(C)n(-c2cc(N3CC(C(=O)Nc4ccc(Cl)c(Cl)c4)C3)ncn2)n1. The predicted molar refractivity (Wildman–Crippen MR) is 109 cm³/mol. The Balaban J connectivity index is 1.41. The van der Waals surface area contributed by atoms with Crippen molar-refractivity contribution in [3.05, 3.63) is 58.1 Å². The Hall–Kier alpha value is -2.64. The van der Waals surface area contributed by atoms with E-state index < -0.39 is 0 Å². The lowest BCUT2D eigenvalue weighted by Gasteiger charge is -2.39. The third kappa shape index (κ3) is 3.68. The highest BCUT2D eigenvalue weighted by atomic mass is 35.5. The van der Waals surface area contributed by atoms with Gasteiger partial charge in [0, 0.05) is 30.5 Å². The Bertz CT molecular complexity index is 1040.